The van der Waals surface area contributed by atoms with Gasteiger partial charge in [0.05, 0.1) is 7.11 Å². The molecule has 2 aromatic rings. The van der Waals surface area contributed by atoms with E-state index in [2.05, 4.69) is 10.2 Å². The Morgan fingerprint density at radius 1 is 0.969 bits per heavy atom. The van der Waals surface area contributed by atoms with Crippen molar-refractivity contribution >= 4 is 18.0 Å². The minimum absolute atomic E-state index is 0.0858. The number of benzene rings is 1. The van der Waals surface area contributed by atoms with E-state index in [9.17, 15) is 14.4 Å². The predicted molar refractivity (Wildman–Crippen MR) is 116 cm³/mol. The fourth-order valence-electron chi connectivity index (χ4n) is 3.33. The van der Waals surface area contributed by atoms with E-state index >= 15 is 0 Å². The second kappa shape index (κ2) is 9.76. The molecule has 0 radical (unpaired) electrons. The zero-order chi connectivity index (χ0) is 23.3. The molecule has 0 aliphatic carbocycles. The molecule has 9 nitrogen and oxygen atoms in total. The molecular weight excluding hydrogens is 412 g/mol. The first kappa shape index (κ1) is 23.2. The van der Waals surface area contributed by atoms with Crippen LogP contribution in [0.1, 0.15) is 52.9 Å². The predicted octanol–water partition coefficient (Wildman–Crippen LogP) is 2.55. The maximum absolute atomic E-state index is 13.0. The van der Waals surface area contributed by atoms with Crippen molar-refractivity contribution in [1.29, 1.82) is 0 Å². The highest BCUT2D eigenvalue weighted by atomic mass is 16.6. The number of methoxy groups -OCH3 is 1. The van der Waals surface area contributed by atoms with Gasteiger partial charge in [-0.25, -0.2) is 9.59 Å². The van der Waals surface area contributed by atoms with E-state index < -0.39 is 17.7 Å². The van der Waals surface area contributed by atoms with Gasteiger partial charge in [-0.1, -0.05) is 30.3 Å². The third kappa shape index (κ3) is 5.81. The molecule has 1 fully saturated rings. The summed E-state index contributed by atoms with van der Waals surface area (Å²) in [5.41, 5.74) is 1.19. The molecule has 1 aromatic heterocycles. The number of hydrogen-bond acceptors (Lipinski definition) is 7. The molecule has 2 amide bonds. The summed E-state index contributed by atoms with van der Waals surface area (Å²) in [5.74, 6) is -0.902. The molecule has 1 aliphatic heterocycles. The van der Waals surface area contributed by atoms with Gasteiger partial charge >= 0.3 is 12.1 Å². The molecule has 2 heterocycles. The number of hydrogen-bond donors (Lipinski definition) is 0. The van der Waals surface area contributed by atoms with Crippen molar-refractivity contribution in [2.75, 3.05) is 33.3 Å². The standard InChI is InChI=1S/C23H28N4O5/c1-23(2,3)32-22(30)27-12-10-26(11-13-27)20(28)18-15-17(14-16-8-6-5-7-9-16)19(25-24-18)21(29)31-4/h5-9,15H,10-14H2,1-4H3. The quantitative estimate of drug-likeness (QED) is 0.673. The number of rotatable bonds is 4. The number of carbonyl (C=O) groups is 3. The minimum Gasteiger partial charge on any atom is -0.464 e. The van der Waals surface area contributed by atoms with Crippen LogP contribution in [0.5, 0.6) is 0 Å². The van der Waals surface area contributed by atoms with Crippen LogP contribution in [0.4, 0.5) is 4.79 Å². The van der Waals surface area contributed by atoms with Crippen LogP contribution in [0.2, 0.25) is 0 Å². The van der Waals surface area contributed by atoms with Crippen molar-refractivity contribution in [1.82, 2.24) is 20.0 Å². The molecule has 0 N–H and O–H groups in total. The fourth-order valence-corrected chi connectivity index (χ4v) is 3.33. The Labute approximate surface area is 187 Å². The normalized spacial score (nSPS) is 14.1. The first-order valence-corrected chi connectivity index (χ1v) is 10.4. The average Bonchev–Trinajstić information content (AvgIpc) is 2.77. The number of ether oxygens (including phenoxy) is 2. The van der Waals surface area contributed by atoms with Crippen LogP contribution in [-0.2, 0) is 15.9 Å². The molecule has 0 saturated carbocycles. The van der Waals surface area contributed by atoms with E-state index in [0.29, 0.717) is 38.2 Å². The zero-order valence-electron chi connectivity index (χ0n) is 18.8. The summed E-state index contributed by atoms with van der Waals surface area (Å²) < 4.78 is 10.2. The van der Waals surface area contributed by atoms with Crippen molar-refractivity contribution in [2.24, 2.45) is 0 Å². The second-order valence-electron chi connectivity index (χ2n) is 8.52. The first-order valence-electron chi connectivity index (χ1n) is 10.4. The lowest BCUT2D eigenvalue weighted by atomic mass is 10.0. The fraction of sp³-hybridized carbons (Fsp3) is 0.435. The Balaban J connectivity index is 1.73. The highest BCUT2D eigenvalue weighted by molar-refractivity contribution is 5.94. The number of nitrogens with zero attached hydrogens (tertiary/aromatic N) is 4. The summed E-state index contributed by atoms with van der Waals surface area (Å²) in [6.45, 7) is 6.88. The lowest BCUT2D eigenvalue weighted by molar-refractivity contribution is 0.0140. The SMILES string of the molecule is COC(=O)c1nnc(C(=O)N2CCN(C(=O)OC(C)(C)C)CC2)cc1Cc1ccccc1. The highest BCUT2D eigenvalue weighted by Gasteiger charge is 2.29. The van der Waals surface area contributed by atoms with Crippen LogP contribution in [0.25, 0.3) is 0 Å². The number of piperazine rings is 1. The Bertz CT molecular complexity index is 980. The van der Waals surface area contributed by atoms with Crippen LogP contribution in [-0.4, -0.2) is 76.9 Å². The summed E-state index contributed by atoms with van der Waals surface area (Å²) in [7, 11) is 1.28. The van der Waals surface area contributed by atoms with E-state index in [1.807, 2.05) is 51.1 Å². The minimum atomic E-state index is -0.603. The van der Waals surface area contributed by atoms with E-state index in [1.54, 1.807) is 15.9 Å². The molecule has 0 atom stereocenters. The van der Waals surface area contributed by atoms with E-state index in [1.165, 1.54) is 7.11 Å². The molecular formula is C23H28N4O5. The van der Waals surface area contributed by atoms with Crippen molar-refractivity contribution in [3.8, 4) is 0 Å². The van der Waals surface area contributed by atoms with Gasteiger partial charge in [-0.3, -0.25) is 4.79 Å². The monoisotopic (exact) mass is 440 g/mol. The summed E-state index contributed by atoms with van der Waals surface area (Å²) >= 11 is 0. The molecule has 0 unspecified atom stereocenters. The number of aromatic nitrogens is 2. The van der Waals surface area contributed by atoms with Crippen molar-refractivity contribution in [2.45, 2.75) is 32.8 Å². The Hall–Kier alpha value is -3.49. The van der Waals surface area contributed by atoms with Gasteiger partial charge in [0.2, 0.25) is 0 Å². The molecule has 1 aliphatic rings. The van der Waals surface area contributed by atoms with Gasteiger partial charge in [0, 0.05) is 26.2 Å². The van der Waals surface area contributed by atoms with Crippen molar-refractivity contribution in [3.63, 3.8) is 0 Å². The molecule has 32 heavy (non-hydrogen) atoms. The van der Waals surface area contributed by atoms with Gasteiger partial charge in [-0.05, 0) is 44.4 Å². The zero-order valence-corrected chi connectivity index (χ0v) is 18.8. The summed E-state index contributed by atoms with van der Waals surface area (Å²) in [4.78, 5) is 40.6. The first-order chi connectivity index (χ1) is 15.2. The molecule has 3 rings (SSSR count). The lowest BCUT2D eigenvalue weighted by Crippen LogP contribution is -2.51. The van der Waals surface area contributed by atoms with E-state index in [-0.39, 0.29) is 17.3 Å². The van der Waals surface area contributed by atoms with Gasteiger partial charge in [0.1, 0.15) is 5.60 Å². The van der Waals surface area contributed by atoms with Crippen molar-refractivity contribution in [3.05, 3.63) is 58.9 Å². The third-order valence-corrected chi connectivity index (χ3v) is 4.93. The van der Waals surface area contributed by atoms with Crippen LogP contribution in [0, 0.1) is 0 Å². The maximum atomic E-state index is 13.0. The maximum Gasteiger partial charge on any atom is 0.410 e. The topological polar surface area (TPSA) is 102 Å². The number of esters is 1. The van der Waals surface area contributed by atoms with Crippen LogP contribution in [0.15, 0.2) is 36.4 Å². The number of amides is 2. The van der Waals surface area contributed by atoms with Crippen LogP contribution < -0.4 is 0 Å². The van der Waals surface area contributed by atoms with Crippen LogP contribution in [0.3, 0.4) is 0 Å². The summed E-state index contributed by atoms with van der Waals surface area (Å²) in [6.07, 6.45) is 0.0185. The molecule has 0 spiro atoms. The second-order valence-corrected chi connectivity index (χ2v) is 8.52. The van der Waals surface area contributed by atoms with Crippen LogP contribution >= 0.6 is 0 Å². The van der Waals surface area contributed by atoms with E-state index in [4.69, 9.17) is 9.47 Å². The summed E-state index contributed by atoms with van der Waals surface area (Å²) in [5, 5.41) is 7.97. The molecule has 0 bridgehead atoms. The van der Waals surface area contributed by atoms with E-state index in [0.717, 1.165) is 5.56 Å². The van der Waals surface area contributed by atoms with Gasteiger partial charge in [0.15, 0.2) is 11.4 Å². The lowest BCUT2D eigenvalue weighted by Gasteiger charge is -2.35. The van der Waals surface area contributed by atoms with Gasteiger partial charge in [-0.15, -0.1) is 10.2 Å². The third-order valence-electron chi connectivity index (χ3n) is 4.93. The Morgan fingerprint density at radius 2 is 1.59 bits per heavy atom. The van der Waals surface area contributed by atoms with Gasteiger partial charge in [0.25, 0.3) is 5.91 Å². The highest BCUT2D eigenvalue weighted by Crippen LogP contribution is 2.17. The van der Waals surface area contributed by atoms with Gasteiger partial charge in [-0.2, -0.15) is 0 Å². The Morgan fingerprint density at radius 3 is 2.19 bits per heavy atom. The molecule has 170 valence electrons. The average molecular weight is 441 g/mol. The molecule has 1 aromatic carbocycles. The van der Waals surface area contributed by atoms with Crippen molar-refractivity contribution < 1.29 is 23.9 Å². The molecule has 9 heteroatoms. The number of carbonyl (C=O) groups excluding carboxylic acids is 3. The molecule has 1 saturated heterocycles. The van der Waals surface area contributed by atoms with Gasteiger partial charge < -0.3 is 19.3 Å². The summed E-state index contributed by atoms with van der Waals surface area (Å²) in [6, 6.07) is 11.2. The smallest absolute Gasteiger partial charge is 0.410 e. The largest absolute Gasteiger partial charge is 0.464 e. The Kier molecular flexibility index (Phi) is 7.07.